The van der Waals surface area contributed by atoms with Gasteiger partial charge in [0.05, 0.1) is 15.7 Å². The molecule has 0 aliphatic carbocycles. The fraction of sp³-hybridized carbons (Fsp3) is 0. The van der Waals surface area contributed by atoms with Crippen molar-refractivity contribution < 1.29 is 9.59 Å². The summed E-state index contributed by atoms with van der Waals surface area (Å²) >= 11 is 14.8. The Bertz CT molecular complexity index is 453. The monoisotopic (exact) mass is 325 g/mol. The lowest BCUT2D eigenvalue weighted by molar-refractivity contribution is -0.136. The molecule has 0 aliphatic heterocycles. The number of amides is 2. The summed E-state index contributed by atoms with van der Waals surface area (Å²) in [6.07, 6.45) is 0. The van der Waals surface area contributed by atoms with Gasteiger partial charge in [0.15, 0.2) is 0 Å². The Hall–Kier alpha value is -0.820. The fourth-order valence-corrected chi connectivity index (χ4v) is 1.69. The number of hydrogen-bond donors (Lipinski definition) is 3. The minimum Gasteiger partial charge on any atom is -0.316 e. The lowest BCUT2D eigenvalue weighted by atomic mass is 10.3. The van der Waals surface area contributed by atoms with Gasteiger partial charge in [-0.05, 0) is 28.1 Å². The van der Waals surface area contributed by atoms with Crippen molar-refractivity contribution >= 4 is 56.6 Å². The van der Waals surface area contributed by atoms with Gasteiger partial charge >= 0.3 is 11.8 Å². The van der Waals surface area contributed by atoms with Gasteiger partial charge in [0.2, 0.25) is 0 Å². The highest BCUT2D eigenvalue weighted by atomic mass is 79.9. The van der Waals surface area contributed by atoms with Crippen LogP contribution in [0.2, 0.25) is 10.0 Å². The van der Waals surface area contributed by atoms with Gasteiger partial charge < -0.3 is 5.32 Å². The van der Waals surface area contributed by atoms with Crippen molar-refractivity contribution in [3.05, 3.63) is 26.7 Å². The third kappa shape index (κ3) is 2.85. The third-order valence-corrected chi connectivity index (χ3v) is 3.39. The van der Waals surface area contributed by atoms with Crippen LogP contribution in [0.3, 0.4) is 0 Å². The standard InChI is InChI=1S/C8H6BrCl2N3O2/c9-3-1-2-4(6(11)5(3)10)13-7(15)8(16)14-12/h1-2H,12H2,(H,13,15)(H,14,16). The molecule has 1 aromatic rings. The molecule has 16 heavy (non-hydrogen) atoms. The van der Waals surface area contributed by atoms with Crippen LogP contribution >= 0.6 is 39.1 Å². The summed E-state index contributed by atoms with van der Waals surface area (Å²) in [7, 11) is 0. The molecule has 4 N–H and O–H groups in total. The minimum atomic E-state index is -0.977. The second-order valence-corrected chi connectivity index (χ2v) is 4.26. The molecule has 0 radical (unpaired) electrons. The quantitative estimate of drug-likeness (QED) is 0.241. The number of anilines is 1. The molecular weight excluding hydrogens is 321 g/mol. The molecule has 1 rings (SSSR count). The SMILES string of the molecule is NNC(=O)C(=O)Nc1ccc(Br)c(Cl)c1Cl. The van der Waals surface area contributed by atoms with Crippen molar-refractivity contribution in [2.45, 2.75) is 0 Å². The van der Waals surface area contributed by atoms with Crippen molar-refractivity contribution in [1.29, 1.82) is 0 Å². The molecule has 86 valence electrons. The van der Waals surface area contributed by atoms with E-state index in [1.165, 1.54) is 6.07 Å². The number of rotatable bonds is 1. The van der Waals surface area contributed by atoms with Crippen LogP contribution in [0.15, 0.2) is 16.6 Å². The molecule has 5 nitrogen and oxygen atoms in total. The van der Waals surface area contributed by atoms with Crippen molar-refractivity contribution in [2.75, 3.05) is 5.32 Å². The van der Waals surface area contributed by atoms with E-state index in [0.29, 0.717) is 4.47 Å². The van der Waals surface area contributed by atoms with E-state index in [2.05, 4.69) is 21.2 Å². The zero-order valence-electron chi connectivity index (χ0n) is 7.68. The molecule has 0 fully saturated rings. The van der Waals surface area contributed by atoms with E-state index < -0.39 is 11.8 Å². The van der Waals surface area contributed by atoms with Gasteiger partial charge in [-0.1, -0.05) is 23.2 Å². The molecule has 2 amide bonds. The molecule has 0 aromatic heterocycles. The summed E-state index contributed by atoms with van der Waals surface area (Å²) in [5.41, 5.74) is 1.92. The van der Waals surface area contributed by atoms with Gasteiger partial charge in [0.1, 0.15) is 0 Å². The van der Waals surface area contributed by atoms with Crippen LogP contribution in [0.25, 0.3) is 0 Å². The van der Waals surface area contributed by atoms with E-state index in [4.69, 9.17) is 29.0 Å². The number of hydrogen-bond acceptors (Lipinski definition) is 3. The molecule has 1 aromatic carbocycles. The smallest absolute Gasteiger partial charge is 0.316 e. The highest BCUT2D eigenvalue weighted by Gasteiger charge is 2.15. The summed E-state index contributed by atoms with van der Waals surface area (Å²) in [6, 6.07) is 3.09. The normalized spacial score (nSPS) is 9.75. The van der Waals surface area contributed by atoms with E-state index in [-0.39, 0.29) is 15.7 Å². The summed E-state index contributed by atoms with van der Waals surface area (Å²) < 4.78 is 0.584. The first-order valence-corrected chi connectivity index (χ1v) is 5.47. The van der Waals surface area contributed by atoms with E-state index in [1.54, 1.807) is 11.5 Å². The largest absolute Gasteiger partial charge is 0.323 e. The van der Waals surface area contributed by atoms with Gasteiger partial charge in [-0.2, -0.15) is 0 Å². The average Bonchev–Trinajstić information content (AvgIpc) is 2.28. The van der Waals surface area contributed by atoms with Crippen molar-refractivity contribution in [1.82, 2.24) is 5.43 Å². The number of carbonyl (C=O) groups excluding carboxylic acids is 2. The summed E-state index contributed by atoms with van der Waals surface area (Å²) in [6.45, 7) is 0. The zero-order chi connectivity index (χ0) is 12.3. The number of halogens is 3. The van der Waals surface area contributed by atoms with Crippen molar-refractivity contribution in [3.63, 3.8) is 0 Å². The molecule has 0 saturated carbocycles. The van der Waals surface area contributed by atoms with Crippen molar-refractivity contribution in [3.8, 4) is 0 Å². The zero-order valence-corrected chi connectivity index (χ0v) is 10.8. The molecule has 0 bridgehead atoms. The number of benzene rings is 1. The van der Waals surface area contributed by atoms with E-state index in [9.17, 15) is 9.59 Å². The number of carbonyl (C=O) groups is 2. The summed E-state index contributed by atoms with van der Waals surface area (Å²) in [4.78, 5) is 22.0. The molecule has 0 heterocycles. The number of hydrazine groups is 1. The Kier molecular flexibility index (Phi) is 4.55. The Morgan fingerprint density at radius 3 is 2.38 bits per heavy atom. The minimum absolute atomic E-state index is 0.134. The van der Waals surface area contributed by atoms with Crippen molar-refractivity contribution in [2.24, 2.45) is 5.84 Å². The molecule has 0 unspecified atom stereocenters. The molecule has 0 spiro atoms. The van der Waals surface area contributed by atoms with Gasteiger partial charge in [0.25, 0.3) is 0 Å². The lowest BCUT2D eigenvalue weighted by Crippen LogP contribution is -2.39. The first-order valence-electron chi connectivity index (χ1n) is 3.92. The maximum Gasteiger partial charge on any atom is 0.323 e. The maximum absolute atomic E-state index is 11.2. The molecular formula is C8H6BrCl2N3O2. The predicted molar refractivity (Wildman–Crippen MR) is 65.1 cm³/mol. The topological polar surface area (TPSA) is 84.2 Å². The predicted octanol–water partition coefficient (Wildman–Crippen LogP) is 1.68. The van der Waals surface area contributed by atoms with Gasteiger partial charge in [-0.25, -0.2) is 5.84 Å². The van der Waals surface area contributed by atoms with E-state index >= 15 is 0 Å². The van der Waals surface area contributed by atoms with Crippen LogP contribution in [0, 0.1) is 0 Å². The highest BCUT2D eigenvalue weighted by Crippen LogP contribution is 2.35. The van der Waals surface area contributed by atoms with Gasteiger partial charge in [-0.15, -0.1) is 0 Å². The second kappa shape index (κ2) is 5.49. The van der Waals surface area contributed by atoms with Crippen LogP contribution < -0.4 is 16.6 Å². The van der Waals surface area contributed by atoms with Gasteiger partial charge in [-0.3, -0.25) is 15.0 Å². The number of nitrogens with two attached hydrogens (primary N) is 1. The Morgan fingerprint density at radius 2 is 1.81 bits per heavy atom. The summed E-state index contributed by atoms with van der Waals surface area (Å²) in [5.74, 6) is 2.89. The van der Waals surface area contributed by atoms with Crippen LogP contribution in [0.4, 0.5) is 5.69 Å². The third-order valence-electron chi connectivity index (χ3n) is 1.62. The number of nitrogens with one attached hydrogen (secondary N) is 2. The highest BCUT2D eigenvalue weighted by molar-refractivity contribution is 9.10. The Labute approximate surface area is 109 Å². The molecule has 0 atom stereocenters. The average molecular weight is 327 g/mol. The second-order valence-electron chi connectivity index (χ2n) is 2.65. The maximum atomic E-state index is 11.2. The van der Waals surface area contributed by atoms with E-state index in [1.807, 2.05) is 0 Å². The first kappa shape index (κ1) is 13.2. The van der Waals surface area contributed by atoms with Crippen LogP contribution in [0.5, 0.6) is 0 Å². The molecule has 0 saturated heterocycles. The first-order chi connectivity index (χ1) is 7.47. The molecule has 0 aliphatic rings. The lowest BCUT2D eigenvalue weighted by Gasteiger charge is -2.08. The molecule has 8 heteroatoms. The Morgan fingerprint density at radius 1 is 1.19 bits per heavy atom. The van der Waals surface area contributed by atoms with Crippen LogP contribution in [-0.4, -0.2) is 11.8 Å². The Balaban J connectivity index is 2.95. The van der Waals surface area contributed by atoms with Gasteiger partial charge in [0, 0.05) is 4.47 Å². The van der Waals surface area contributed by atoms with Crippen LogP contribution in [0.1, 0.15) is 0 Å². The van der Waals surface area contributed by atoms with E-state index in [0.717, 1.165) is 0 Å². The fourth-order valence-electron chi connectivity index (χ4n) is 0.867. The van der Waals surface area contributed by atoms with Crippen LogP contribution in [-0.2, 0) is 9.59 Å². The summed E-state index contributed by atoms with van der Waals surface area (Å²) in [5, 5.41) is 2.64.